The molecular formula is C23H19BrFN5O. The molecule has 2 aromatic heterocycles. The van der Waals surface area contributed by atoms with Gasteiger partial charge in [-0.05, 0) is 42.5 Å². The van der Waals surface area contributed by atoms with Gasteiger partial charge in [0.05, 0.1) is 0 Å². The Hall–Kier alpha value is -3.26. The van der Waals surface area contributed by atoms with Crippen LogP contribution in [0.1, 0.15) is 10.4 Å². The van der Waals surface area contributed by atoms with Gasteiger partial charge in [0.25, 0.3) is 5.91 Å². The maximum Gasteiger partial charge on any atom is 0.254 e. The summed E-state index contributed by atoms with van der Waals surface area (Å²) in [5, 5.41) is 8.58. The van der Waals surface area contributed by atoms with E-state index in [2.05, 4.69) is 31.0 Å². The number of pyridine rings is 1. The number of aromatic nitrogens is 3. The van der Waals surface area contributed by atoms with Crippen molar-refractivity contribution in [2.24, 2.45) is 0 Å². The molecule has 6 nitrogen and oxygen atoms in total. The van der Waals surface area contributed by atoms with Crippen molar-refractivity contribution < 1.29 is 9.18 Å². The van der Waals surface area contributed by atoms with E-state index >= 15 is 0 Å². The van der Waals surface area contributed by atoms with Crippen LogP contribution in [0.25, 0.3) is 17.0 Å². The Morgan fingerprint density at radius 1 is 0.935 bits per heavy atom. The SMILES string of the molecule is O=C(c1ccn2c(-c3ccccc3Br)nnc2c1)N1CCN(c2ccc(F)cc2)CC1. The first-order valence-electron chi connectivity index (χ1n) is 9.99. The molecule has 31 heavy (non-hydrogen) atoms. The molecular weight excluding hydrogens is 461 g/mol. The molecule has 0 atom stereocenters. The van der Waals surface area contributed by atoms with Crippen molar-refractivity contribution in [2.75, 3.05) is 31.1 Å². The van der Waals surface area contributed by atoms with Gasteiger partial charge in [0, 0.05) is 53.7 Å². The predicted octanol–water partition coefficient (Wildman–Crippen LogP) is 4.26. The van der Waals surface area contributed by atoms with E-state index < -0.39 is 0 Å². The zero-order chi connectivity index (χ0) is 21.4. The molecule has 0 spiro atoms. The number of amides is 1. The van der Waals surface area contributed by atoms with Gasteiger partial charge in [0.15, 0.2) is 11.5 Å². The maximum absolute atomic E-state index is 13.2. The lowest BCUT2D eigenvalue weighted by Gasteiger charge is -2.36. The summed E-state index contributed by atoms with van der Waals surface area (Å²) in [6.07, 6.45) is 1.84. The number of hydrogen-bond acceptors (Lipinski definition) is 4. The highest BCUT2D eigenvalue weighted by molar-refractivity contribution is 9.10. The molecule has 3 heterocycles. The van der Waals surface area contributed by atoms with E-state index in [9.17, 15) is 9.18 Å². The summed E-state index contributed by atoms with van der Waals surface area (Å²) in [6, 6.07) is 17.9. The van der Waals surface area contributed by atoms with Crippen molar-refractivity contribution in [3.8, 4) is 11.4 Å². The lowest BCUT2D eigenvalue weighted by molar-refractivity contribution is 0.0747. The van der Waals surface area contributed by atoms with Crippen molar-refractivity contribution in [3.05, 3.63) is 82.7 Å². The van der Waals surface area contributed by atoms with Crippen LogP contribution in [-0.4, -0.2) is 51.6 Å². The standard InChI is InChI=1S/C23H19BrFN5O/c24-20-4-2-1-3-19(20)22-27-26-21-15-16(9-10-30(21)22)23(31)29-13-11-28(12-14-29)18-7-5-17(25)6-8-18/h1-10,15H,11-14H2. The first-order chi connectivity index (χ1) is 15.1. The average molecular weight is 480 g/mol. The van der Waals surface area contributed by atoms with E-state index in [0.29, 0.717) is 37.4 Å². The number of carbonyl (C=O) groups is 1. The zero-order valence-corrected chi connectivity index (χ0v) is 18.2. The topological polar surface area (TPSA) is 53.7 Å². The highest BCUT2D eigenvalue weighted by Gasteiger charge is 2.23. The summed E-state index contributed by atoms with van der Waals surface area (Å²) in [7, 11) is 0. The Morgan fingerprint density at radius 3 is 2.42 bits per heavy atom. The lowest BCUT2D eigenvalue weighted by Crippen LogP contribution is -2.48. The molecule has 2 aromatic carbocycles. The quantitative estimate of drug-likeness (QED) is 0.440. The minimum absolute atomic E-state index is 0.0216. The number of anilines is 1. The molecule has 8 heteroatoms. The van der Waals surface area contributed by atoms with Gasteiger partial charge in [-0.2, -0.15) is 0 Å². The molecule has 1 aliphatic rings. The van der Waals surface area contributed by atoms with Gasteiger partial charge in [-0.15, -0.1) is 10.2 Å². The van der Waals surface area contributed by atoms with Gasteiger partial charge in [-0.25, -0.2) is 4.39 Å². The Kier molecular flexibility index (Phi) is 5.15. The summed E-state index contributed by atoms with van der Waals surface area (Å²) in [6.45, 7) is 2.63. The molecule has 5 rings (SSSR count). The molecule has 1 aliphatic heterocycles. The fourth-order valence-corrected chi connectivity index (χ4v) is 4.31. The van der Waals surface area contributed by atoms with Gasteiger partial charge in [0.1, 0.15) is 5.82 Å². The zero-order valence-electron chi connectivity index (χ0n) is 16.6. The summed E-state index contributed by atoms with van der Waals surface area (Å²) >= 11 is 3.55. The van der Waals surface area contributed by atoms with Crippen LogP contribution in [0, 0.1) is 5.82 Å². The number of rotatable bonds is 3. The van der Waals surface area contributed by atoms with E-state index in [1.54, 1.807) is 18.2 Å². The number of hydrogen-bond donors (Lipinski definition) is 0. The van der Waals surface area contributed by atoms with Crippen LogP contribution < -0.4 is 4.90 Å². The summed E-state index contributed by atoms with van der Waals surface area (Å²) in [5.41, 5.74) is 3.12. The third kappa shape index (κ3) is 3.79. The lowest BCUT2D eigenvalue weighted by atomic mass is 10.2. The van der Waals surface area contributed by atoms with Crippen molar-refractivity contribution >= 4 is 33.2 Å². The fourth-order valence-electron chi connectivity index (χ4n) is 3.85. The smallest absolute Gasteiger partial charge is 0.254 e. The van der Waals surface area contributed by atoms with E-state index in [0.717, 1.165) is 21.5 Å². The highest BCUT2D eigenvalue weighted by atomic mass is 79.9. The monoisotopic (exact) mass is 479 g/mol. The molecule has 0 N–H and O–H groups in total. The van der Waals surface area contributed by atoms with Gasteiger partial charge in [-0.1, -0.05) is 34.1 Å². The van der Waals surface area contributed by atoms with Crippen LogP contribution in [0.3, 0.4) is 0 Å². The molecule has 1 amide bonds. The number of benzene rings is 2. The van der Waals surface area contributed by atoms with Crippen LogP contribution in [0.2, 0.25) is 0 Å². The fraction of sp³-hybridized carbons (Fsp3) is 0.174. The largest absolute Gasteiger partial charge is 0.368 e. The van der Waals surface area contributed by atoms with Crippen LogP contribution in [0.15, 0.2) is 71.3 Å². The molecule has 156 valence electrons. The average Bonchev–Trinajstić information content (AvgIpc) is 3.23. The van der Waals surface area contributed by atoms with Crippen molar-refractivity contribution in [1.82, 2.24) is 19.5 Å². The van der Waals surface area contributed by atoms with Crippen molar-refractivity contribution in [1.29, 1.82) is 0 Å². The molecule has 1 saturated heterocycles. The van der Waals surface area contributed by atoms with E-state index in [1.165, 1.54) is 12.1 Å². The van der Waals surface area contributed by atoms with E-state index in [1.807, 2.05) is 45.8 Å². The Balaban J connectivity index is 1.33. The highest BCUT2D eigenvalue weighted by Crippen LogP contribution is 2.27. The minimum atomic E-state index is -0.246. The second-order valence-corrected chi connectivity index (χ2v) is 8.26. The number of carbonyl (C=O) groups excluding carboxylic acids is 1. The van der Waals surface area contributed by atoms with Crippen molar-refractivity contribution in [3.63, 3.8) is 0 Å². The summed E-state index contributed by atoms with van der Waals surface area (Å²) < 4.78 is 16.0. The van der Waals surface area contributed by atoms with Crippen LogP contribution in [0.4, 0.5) is 10.1 Å². The molecule has 1 fully saturated rings. The number of nitrogens with zero attached hydrogens (tertiary/aromatic N) is 5. The summed E-state index contributed by atoms with van der Waals surface area (Å²) in [5.74, 6) is 0.449. The summed E-state index contributed by atoms with van der Waals surface area (Å²) in [4.78, 5) is 17.1. The third-order valence-corrected chi connectivity index (χ3v) is 6.22. The number of piperazine rings is 1. The van der Waals surface area contributed by atoms with Crippen molar-refractivity contribution in [2.45, 2.75) is 0 Å². The van der Waals surface area contributed by atoms with E-state index in [-0.39, 0.29) is 11.7 Å². The maximum atomic E-state index is 13.2. The third-order valence-electron chi connectivity index (χ3n) is 5.53. The first kappa shape index (κ1) is 19.7. The molecule has 0 unspecified atom stereocenters. The van der Waals surface area contributed by atoms with Gasteiger partial charge in [-0.3, -0.25) is 9.20 Å². The molecule has 0 aliphatic carbocycles. The van der Waals surface area contributed by atoms with Gasteiger partial charge < -0.3 is 9.80 Å². The van der Waals surface area contributed by atoms with Gasteiger partial charge >= 0.3 is 0 Å². The normalized spacial score (nSPS) is 14.3. The molecule has 0 radical (unpaired) electrons. The Morgan fingerprint density at radius 2 is 1.68 bits per heavy atom. The first-order valence-corrected chi connectivity index (χ1v) is 10.8. The molecule has 0 bridgehead atoms. The molecule has 0 saturated carbocycles. The van der Waals surface area contributed by atoms with Gasteiger partial charge in [0.2, 0.25) is 0 Å². The second-order valence-electron chi connectivity index (χ2n) is 7.40. The predicted molar refractivity (Wildman–Crippen MR) is 121 cm³/mol. The van der Waals surface area contributed by atoms with E-state index in [4.69, 9.17) is 0 Å². The Bertz CT molecular complexity index is 1250. The number of fused-ring (bicyclic) bond motifs is 1. The van der Waals surface area contributed by atoms with Crippen LogP contribution >= 0.6 is 15.9 Å². The minimum Gasteiger partial charge on any atom is -0.368 e. The second kappa shape index (κ2) is 8.11. The van der Waals surface area contributed by atoms with Crippen LogP contribution in [0.5, 0.6) is 0 Å². The molecule has 4 aromatic rings. The van der Waals surface area contributed by atoms with Crippen LogP contribution in [-0.2, 0) is 0 Å². The Labute approximate surface area is 187 Å². The number of halogens is 2.